The number of H-pyrrole nitrogens is 1. The summed E-state index contributed by atoms with van der Waals surface area (Å²) in [6.07, 6.45) is 4.52. The zero-order chi connectivity index (χ0) is 16.5. The van der Waals surface area contributed by atoms with Crippen molar-refractivity contribution in [2.45, 2.75) is 25.9 Å². The Labute approximate surface area is 140 Å². The third kappa shape index (κ3) is 2.42. The molecule has 5 heteroatoms. The number of nitrogens with one attached hydrogen (secondary N) is 1. The van der Waals surface area contributed by atoms with Crippen LogP contribution in [-0.4, -0.2) is 31.9 Å². The molecule has 0 bridgehead atoms. The average Bonchev–Trinajstić information content (AvgIpc) is 3.30. The van der Waals surface area contributed by atoms with Gasteiger partial charge in [0.1, 0.15) is 11.5 Å². The average molecular weight is 320 g/mol. The fraction of sp³-hybridized carbons (Fsp3) is 0.263. The number of amides is 1. The van der Waals surface area contributed by atoms with Crippen molar-refractivity contribution in [3.63, 3.8) is 0 Å². The van der Waals surface area contributed by atoms with Crippen LogP contribution in [0.2, 0.25) is 0 Å². The molecular weight excluding hydrogens is 300 g/mol. The summed E-state index contributed by atoms with van der Waals surface area (Å²) in [6.45, 7) is 3.51. The second-order valence-corrected chi connectivity index (χ2v) is 6.04. The molecule has 0 fully saturated rings. The second kappa shape index (κ2) is 6.00. The maximum atomic E-state index is 13.1. The minimum absolute atomic E-state index is 0.00324. The number of aromatic amines is 1. The molecule has 1 N–H and O–H groups in total. The fourth-order valence-corrected chi connectivity index (χ4v) is 3.39. The van der Waals surface area contributed by atoms with Crippen molar-refractivity contribution >= 4 is 5.91 Å². The standard InChI is InChI=1S/C19H20N4O/c1-2-17-20-13-15(21-17)19(24)23-12-11-22-10-6-9-16(22)18(23)14-7-4-3-5-8-14/h3-10,13,18H,2,11-12H2,1H3,(H,20,21)/t18-/m0/s1. The number of aryl methyl sites for hydroxylation is 1. The normalized spacial score (nSPS) is 16.9. The lowest BCUT2D eigenvalue weighted by atomic mass is 9.99. The van der Waals surface area contributed by atoms with E-state index in [1.54, 1.807) is 6.20 Å². The molecule has 0 saturated carbocycles. The summed E-state index contributed by atoms with van der Waals surface area (Å²) in [5.74, 6) is 0.846. The Kier molecular flexibility index (Phi) is 3.69. The number of rotatable bonds is 3. The highest BCUT2D eigenvalue weighted by atomic mass is 16.2. The van der Waals surface area contributed by atoms with Crippen LogP contribution in [0, 0.1) is 0 Å². The smallest absolute Gasteiger partial charge is 0.272 e. The first-order chi connectivity index (χ1) is 11.8. The maximum Gasteiger partial charge on any atom is 0.272 e. The number of hydrogen-bond donors (Lipinski definition) is 1. The summed E-state index contributed by atoms with van der Waals surface area (Å²) in [5.41, 5.74) is 2.84. The van der Waals surface area contributed by atoms with E-state index in [9.17, 15) is 4.79 Å². The minimum Gasteiger partial charge on any atom is -0.348 e. The van der Waals surface area contributed by atoms with Crippen LogP contribution in [0.15, 0.2) is 54.9 Å². The van der Waals surface area contributed by atoms with E-state index < -0.39 is 0 Å². The number of nitrogens with zero attached hydrogens (tertiary/aromatic N) is 3. The number of carbonyl (C=O) groups excluding carboxylic acids is 1. The third-order valence-corrected chi connectivity index (χ3v) is 4.61. The van der Waals surface area contributed by atoms with E-state index in [-0.39, 0.29) is 11.9 Å². The summed E-state index contributed by atoms with van der Waals surface area (Å²) >= 11 is 0. The van der Waals surface area contributed by atoms with E-state index in [0.29, 0.717) is 12.2 Å². The molecule has 1 aliphatic heterocycles. The molecule has 4 rings (SSSR count). The van der Waals surface area contributed by atoms with Gasteiger partial charge in [0, 0.05) is 31.4 Å². The molecule has 1 aliphatic rings. The first-order valence-corrected chi connectivity index (χ1v) is 8.32. The van der Waals surface area contributed by atoms with Crippen LogP contribution in [-0.2, 0) is 13.0 Å². The lowest BCUT2D eigenvalue weighted by molar-refractivity contribution is 0.0658. The van der Waals surface area contributed by atoms with Crippen LogP contribution in [0.5, 0.6) is 0 Å². The predicted octanol–water partition coefficient (Wildman–Crippen LogP) is 3.02. The number of aromatic nitrogens is 3. The Morgan fingerprint density at radius 3 is 2.79 bits per heavy atom. The topological polar surface area (TPSA) is 53.9 Å². The highest BCUT2D eigenvalue weighted by Crippen LogP contribution is 2.33. The number of fused-ring (bicyclic) bond motifs is 1. The molecule has 0 aliphatic carbocycles. The quantitative estimate of drug-likeness (QED) is 0.806. The molecular formula is C19H20N4O. The van der Waals surface area contributed by atoms with E-state index in [0.717, 1.165) is 30.0 Å². The van der Waals surface area contributed by atoms with Crippen molar-refractivity contribution < 1.29 is 4.79 Å². The molecule has 0 spiro atoms. The molecule has 5 nitrogen and oxygen atoms in total. The minimum atomic E-state index is -0.0733. The summed E-state index contributed by atoms with van der Waals surface area (Å²) in [4.78, 5) is 22.4. The van der Waals surface area contributed by atoms with Crippen LogP contribution in [0.3, 0.4) is 0 Å². The summed E-state index contributed by atoms with van der Waals surface area (Å²) < 4.78 is 2.23. The molecule has 3 aromatic rings. The van der Waals surface area contributed by atoms with E-state index in [1.165, 1.54) is 0 Å². The molecule has 3 heterocycles. The number of imidazole rings is 1. The van der Waals surface area contributed by atoms with Crippen molar-refractivity contribution in [1.82, 2.24) is 19.4 Å². The van der Waals surface area contributed by atoms with Gasteiger partial charge in [0.25, 0.3) is 5.91 Å². The van der Waals surface area contributed by atoms with Crippen molar-refractivity contribution in [2.75, 3.05) is 6.54 Å². The molecule has 0 radical (unpaired) electrons. The monoisotopic (exact) mass is 320 g/mol. The molecule has 24 heavy (non-hydrogen) atoms. The van der Waals surface area contributed by atoms with Gasteiger partial charge in [0.2, 0.25) is 0 Å². The zero-order valence-corrected chi connectivity index (χ0v) is 13.6. The van der Waals surface area contributed by atoms with Gasteiger partial charge in [-0.05, 0) is 17.7 Å². The van der Waals surface area contributed by atoms with Gasteiger partial charge in [-0.3, -0.25) is 4.79 Å². The number of carbonyl (C=O) groups is 1. The van der Waals surface area contributed by atoms with Crippen molar-refractivity contribution in [2.24, 2.45) is 0 Å². The van der Waals surface area contributed by atoms with Gasteiger partial charge in [-0.1, -0.05) is 37.3 Å². The van der Waals surface area contributed by atoms with Gasteiger partial charge in [-0.25, -0.2) is 4.98 Å². The molecule has 2 aromatic heterocycles. The second-order valence-electron chi connectivity index (χ2n) is 6.04. The van der Waals surface area contributed by atoms with Gasteiger partial charge in [-0.15, -0.1) is 0 Å². The molecule has 122 valence electrons. The van der Waals surface area contributed by atoms with Crippen LogP contribution in [0.1, 0.15) is 40.5 Å². The lowest BCUT2D eigenvalue weighted by Gasteiger charge is -2.37. The highest BCUT2D eigenvalue weighted by Gasteiger charge is 2.33. The fourth-order valence-electron chi connectivity index (χ4n) is 3.39. The van der Waals surface area contributed by atoms with E-state index >= 15 is 0 Å². The largest absolute Gasteiger partial charge is 0.348 e. The maximum absolute atomic E-state index is 13.1. The molecule has 0 unspecified atom stereocenters. The van der Waals surface area contributed by atoms with Crippen molar-refractivity contribution in [3.8, 4) is 0 Å². The van der Waals surface area contributed by atoms with E-state index in [2.05, 4.69) is 38.9 Å². The molecule has 1 amide bonds. The van der Waals surface area contributed by atoms with E-state index in [1.807, 2.05) is 36.1 Å². The van der Waals surface area contributed by atoms with E-state index in [4.69, 9.17) is 0 Å². The summed E-state index contributed by atoms with van der Waals surface area (Å²) in [6, 6.07) is 14.3. The van der Waals surface area contributed by atoms with Crippen LogP contribution < -0.4 is 0 Å². The van der Waals surface area contributed by atoms with Crippen LogP contribution in [0.4, 0.5) is 0 Å². The van der Waals surface area contributed by atoms with Crippen molar-refractivity contribution in [1.29, 1.82) is 0 Å². The Hall–Kier alpha value is -2.82. The van der Waals surface area contributed by atoms with Gasteiger partial charge in [0.05, 0.1) is 12.2 Å². The summed E-state index contributed by atoms with van der Waals surface area (Å²) in [7, 11) is 0. The first kappa shape index (κ1) is 14.8. The Balaban J connectivity index is 1.75. The van der Waals surface area contributed by atoms with Crippen LogP contribution >= 0.6 is 0 Å². The zero-order valence-electron chi connectivity index (χ0n) is 13.6. The molecule has 1 atom stereocenters. The SMILES string of the molecule is CCc1ncc(C(=O)N2CCn3cccc3[C@@H]2c2ccccc2)[nH]1. The summed E-state index contributed by atoms with van der Waals surface area (Å²) in [5, 5.41) is 0. The molecule has 0 saturated heterocycles. The Morgan fingerprint density at radius 2 is 2.04 bits per heavy atom. The number of benzene rings is 1. The van der Waals surface area contributed by atoms with Gasteiger partial charge >= 0.3 is 0 Å². The first-order valence-electron chi connectivity index (χ1n) is 8.32. The van der Waals surface area contributed by atoms with Gasteiger partial charge in [0.15, 0.2) is 0 Å². The number of hydrogen-bond acceptors (Lipinski definition) is 2. The lowest BCUT2D eigenvalue weighted by Crippen LogP contribution is -2.42. The van der Waals surface area contributed by atoms with Crippen LogP contribution in [0.25, 0.3) is 0 Å². The third-order valence-electron chi connectivity index (χ3n) is 4.61. The Morgan fingerprint density at radius 1 is 1.21 bits per heavy atom. The Bertz CT molecular complexity index is 849. The molecule has 1 aromatic carbocycles. The van der Waals surface area contributed by atoms with Gasteiger partial charge in [-0.2, -0.15) is 0 Å². The highest BCUT2D eigenvalue weighted by molar-refractivity contribution is 5.92. The van der Waals surface area contributed by atoms with Crippen molar-refractivity contribution in [3.05, 3.63) is 77.6 Å². The predicted molar refractivity (Wildman–Crippen MR) is 91.7 cm³/mol. The van der Waals surface area contributed by atoms with Gasteiger partial charge < -0.3 is 14.5 Å².